The Balaban J connectivity index is 1.58. The van der Waals surface area contributed by atoms with E-state index >= 15 is 0 Å². The van der Waals surface area contributed by atoms with Crippen molar-refractivity contribution in [3.8, 4) is 5.75 Å². The number of para-hydroxylation sites is 1. The van der Waals surface area contributed by atoms with E-state index in [4.69, 9.17) is 26.2 Å². The maximum absolute atomic E-state index is 6.34. The molecule has 42 heavy (non-hydrogen) atoms. The van der Waals surface area contributed by atoms with Gasteiger partial charge in [0.25, 0.3) is 0 Å². The summed E-state index contributed by atoms with van der Waals surface area (Å²) in [6.45, 7) is 12.3. The third kappa shape index (κ3) is 7.29. The van der Waals surface area contributed by atoms with Crippen LogP contribution in [0.25, 0.3) is 21.8 Å². The molecular weight excluding hydrogens is 562 g/mol. The van der Waals surface area contributed by atoms with Crippen LogP contribution >= 0.6 is 23.4 Å². The predicted octanol–water partition coefficient (Wildman–Crippen LogP) is 9.56. The molecule has 0 unspecified atom stereocenters. The minimum atomic E-state index is -0.226. The number of halogens is 1. The number of rotatable bonds is 10. The van der Waals surface area contributed by atoms with Crippen molar-refractivity contribution in [2.75, 3.05) is 7.11 Å². The summed E-state index contributed by atoms with van der Waals surface area (Å²) in [6.07, 6.45) is 2.69. The third-order valence-electron chi connectivity index (χ3n) is 6.93. The predicted molar refractivity (Wildman–Crippen MR) is 177 cm³/mol. The Morgan fingerprint density at radius 2 is 1.71 bits per heavy atom. The molecule has 0 aliphatic carbocycles. The van der Waals surface area contributed by atoms with Gasteiger partial charge in [-0.15, -0.1) is 11.8 Å². The lowest BCUT2D eigenvalue weighted by atomic mass is 9.89. The number of hydrogen-bond acceptors (Lipinski definition) is 5. The van der Waals surface area contributed by atoms with E-state index in [2.05, 4.69) is 86.8 Å². The summed E-state index contributed by atoms with van der Waals surface area (Å²) >= 11 is 8.11. The second-order valence-corrected chi connectivity index (χ2v) is 14.5. The first-order valence-corrected chi connectivity index (χ1v) is 15.3. The summed E-state index contributed by atoms with van der Waals surface area (Å²) < 4.78 is 8.77. The maximum Gasteiger partial charge on any atom is 0.130 e. The number of pyridine rings is 1. The quantitative estimate of drug-likeness (QED) is 0.0911. The van der Waals surface area contributed by atoms with Crippen molar-refractivity contribution in [3.63, 3.8) is 0 Å². The SMILES string of the molecule is CON=CC(C)(C)Cc1c(SC(C)(C)C)c2cc(OCc3ccc4ccccc4n3)ccc2n1Cc1ccc(Cl)cc1. The highest BCUT2D eigenvalue weighted by atomic mass is 35.5. The van der Waals surface area contributed by atoms with Crippen molar-refractivity contribution >= 4 is 51.4 Å². The van der Waals surface area contributed by atoms with Crippen LogP contribution in [-0.4, -0.2) is 27.6 Å². The van der Waals surface area contributed by atoms with Gasteiger partial charge in [-0.25, -0.2) is 4.98 Å². The molecule has 5 aromatic rings. The molecule has 0 aliphatic rings. The zero-order chi connectivity index (χ0) is 29.9. The second kappa shape index (κ2) is 12.4. The van der Waals surface area contributed by atoms with Crippen molar-refractivity contribution in [2.45, 2.75) is 63.8 Å². The molecule has 5 nitrogen and oxygen atoms in total. The van der Waals surface area contributed by atoms with Crippen molar-refractivity contribution in [1.82, 2.24) is 9.55 Å². The summed E-state index contributed by atoms with van der Waals surface area (Å²) in [5.74, 6) is 0.823. The lowest BCUT2D eigenvalue weighted by Gasteiger charge is -2.24. The molecule has 0 saturated carbocycles. The van der Waals surface area contributed by atoms with Gasteiger partial charge in [-0.05, 0) is 54.4 Å². The van der Waals surface area contributed by atoms with Gasteiger partial charge in [0.05, 0.1) is 11.2 Å². The number of oxime groups is 1. The molecule has 0 aliphatic heterocycles. The molecule has 0 spiro atoms. The van der Waals surface area contributed by atoms with Crippen LogP contribution in [0.15, 0.2) is 88.9 Å². The lowest BCUT2D eigenvalue weighted by molar-refractivity contribution is 0.211. The molecule has 7 heteroatoms. The van der Waals surface area contributed by atoms with Crippen molar-refractivity contribution < 1.29 is 9.57 Å². The first-order valence-electron chi connectivity index (χ1n) is 14.2. The zero-order valence-electron chi connectivity index (χ0n) is 25.1. The summed E-state index contributed by atoms with van der Waals surface area (Å²) in [6, 6.07) is 26.8. The van der Waals surface area contributed by atoms with Crippen LogP contribution in [0.2, 0.25) is 5.02 Å². The lowest BCUT2D eigenvalue weighted by Crippen LogP contribution is -2.20. The monoisotopic (exact) mass is 599 g/mol. The maximum atomic E-state index is 6.34. The van der Waals surface area contributed by atoms with Gasteiger partial charge in [0.2, 0.25) is 0 Å². The molecule has 0 saturated heterocycles. The number of nitrogens with zero attached hydrogens (tertiary/aromatic N) is 3. The highest BCUT2D eigenvalue weighted by molar-refractivity contribution is 8.00. The summed E-state index contributed by atoms with van der Waals surface area (Å²) in [5, 5.41) is 7.17. The average molecular weight is 600 g/mol. The minimum Gasteiger partial charge on any atom is -0.487 e. The summed E-state index contributed by atoms with van der Waals surface area (Å²) in [4.78, 5) is 11.1. The number of benzene rings is 3. The fourth-order valence-electron chi connectivity index (χ4n) is 5.01. The zero-order valence-corrected chi connectivity index (χ0v) is 26.7. The van der Waals surface area contributed by atoms with Gasteiger partial charge in [-0.2, -0.15) is 0 Å². The number of fused-ring (bicyclic) bond motifs is 2. The highest BCUT2D eigenvalue weighted by Crippen LogP contribution is 2.44. The minimum absolute atomic E-state index is 0.00474. The Hall–Kier alpha value is -3.48. The average Bonchev–Trinajstić information content (AvgIpc) is 3.21. The Morgan fingerprint density at radius 1 is 0.952 bits per heavy atom. The summed E-state index contributed by atoms with van der Waals surface area (Å²) in [5.41, 5.74) is 5.27. The van der Waals surface area contributed by atoms with Crippen LogP contribution in [0.5, 0.6) is 5.75 Å². The van der Waals surface area contributed by atoms with Crippen LogP contribution in [0.4, 0.5) is 0 Å². The van der Waals surface area contributed by atoms with Crippen LogP contribution in [-0.2, 0) is 24.4 Å². The van der Waals surface area contributed by atoms with Crippen molar-refractivity contribution in [2.24, 2.45) is 10.6 Å². The van der Waals surface area contributed by atoms with Gasteiger partial charge in [0.15, 0.2) is 0 Å². The molecule has 2 aromatic heterocycles. The number of aromatic nitrogens is 2. The fourth-order valence-corrected chi connectivity index (χ4v) is 6.32. The van der Waals surface area contributed by atoms with Gasteiger partial charge in [-0.1, -0.05) is 87.8 Å². The van der Waals surface area contributed by atoms with E-state index in [9.17, 15) is 0 Å². The van der Waals surface area contributed by atoms with E-state index in [0.717, 1.165) is 40.3 Å². The number of ether oxygens (including phenoxy) is 1. The Kier molecular flexibility index (Phi) is 8.86. The smallest absolute Gasteiger partial charge is 0.130 e. The van der Waals surface area contributed by atoms with Gasteiger partial charge in [-0.3, -0.25) is 0 Å². The summed E-state index contributed by atoms with van der Waals surface area (Å²) in [7, 11) is 1.58. The van der Waals surface area contributed by atoms with Crippen LogP contribution in [0.3, 0.4) is 0 Å². The third-order valence-corrected chi connectivity index (χ3v) is 8.45. The van der Waals surface area contributed by atoms with E-state index in [1.165, 1.54) is 27.1 Å². The van der Waals surface area contributed by atoms with Crippen molar-refractivity contribution in [1.29, 1.82) is 0 Å². The molecule has 0 N–H and O–H groups in total. The van der Waals surface area contributed by atoms with Crippen LogP contribution in [0, 0.1) is 5.41 Å². The van der Waals surface area contributed by atoms with Crippen LogP contribution in [0.1, 0.15) is 51.6 Å². The van der Waals surface area contributed by atoms with E-state index in [-0.39, 0.29) is 10.2 Å². The Bertz CT molecular complexity index is 1720. The van der Waals surface area contributed by atoms with E-state index in [1.54, 1.807) is 7.11 Å². The molecule has 0 amide bonds. The molecule has 0 fully saturated rings. The van der Waals surface area contributed by atoms with E-state index in [0.29, 0.717) is 6.61 Å². The molecule has 3 aromatic carbocycles. The molecule has 2 heterocycles. The standard InChI is InChI=1S/C35H38ClN3O2S/c1-34(2,3)42-33-29-19-28(41-22-27-16-13-25-9-7-8-10-30(25)38-27)17-18-31(29)39(21-24-11-14-26(36)15-12-24)32(33)20-35(4,5)23-37-40-6/h7-19,23H,20-22H2,1-6H3. The Labute approximate surface area is 257 Å². The highest BCUT2D eigenvalue weighted by Gasteiger charge is 2.28. The topological polar surface area (TPSA) is 48.6 Å². The Morgan fingerprint density at radius 3 is 2.45 bits per heavy atom. The largest absolute Gasteiger partial charge is 0.487 e. The first-order chi connectivity index (χ1) is 20.0. The van der Waals surface area contributed by atoms with Gasteiger partial charge < -0.3 is 14.1 Å². The molecule has 0 radical (unpaired) electrons. The molecule has 0 bridgehead atoms. The second-order valence-electron chi connectivity index (χ2n) is 12.2. The van der Waals surface area contributed by atoms with E-state index < -0.39 is 0 Å². The number of thioether (sulfide) groups is 1. The van der Waals surface area contributed by atoms with Crippen molar-refractivity contribution in [3.05, 3.63) is 101 Å². The molecular formula is C35H38ClN3O2S. The number of hydrogen-bond donors (Lipinski definition) is 0. The van der Waals surface area contributed by atoms with Gasteiger partial charge in [0.1, 0.15) is 19.5 Å². The van der Waals surface area contributed by atoms with Gasteiger partial charge in [0, 0.05) is 54.8 Å². The normalized spacial score (nSPS) is 12.5. The van der Waals surface area contributed by atoms with Gasteiger partial charge >= 0.3 is 0 Å². The van der Waals surface area contributed by atoms with Crippen LogP contribution < -0.4 is 4.74 Å². The molecule has 5 rings (SSSR count). The molecule has 218 valence electrons. The molecule has 0 atom stereocenters. The van der Waals surface area contributed by atoms with E-state index in [1.807, 2.05) is 54.4 Å². The first kappa shape index (κ1) is 30.0. The fraction of sp³-hybridized carbons (Fsp3) is 0.314.